The second kappa shape index (κ2) is 3.86. The minimum Gasteiger partial charge on any atom is -0.355 e. The molecule has 1 aliphatic rings. The lowest BCUT2D eigenvalue weighted by Crippen LogP contribution is -2.25. The molecular formula is C19H17N. The van der Waals surface area contributed by atoms with E-state index in [-0.39, 0.29) is 5.41 Å². The zero-order valence-electron chi connectivity index (χ0n) is 11.8. The molecule has 0 radical (unpaired) electrons. The summed E-state index contributed by atoms with van der Waals surface area (Å²) in [6, 6.07) is 21.7. The summed E-state index contributed by atoms with van der Waals surface area (Å²) >= 11 is 0. The van der Waals surface area contributed by atoms with Crippen LogP contribution in [0.5, 0.6) is 0 Å². The monoisotopic (exact) mass is 259 g/mol. The fourth-order valence-electron chi connectivity index (χ4n) is 3.29. The Bertz CT molecular complexity index is 815. The maximum atomic E-state index is 3.59. The Balaban J connectivity index is 2.04. The Labute approximate surface area is 119 Å². The Morgan fingerprint density at radius 1 is 0.700 bits per heavy atom. The SMILES string of the molecule is CC1(C)c2ccccc2Nc2cc3ccccc3cc21. The van der Waals surface area contributed by atoms with Crippen molar-refractivity contribution in [2.45, 2.75) is 19.3 Å². The van der Waals surface area contributed by atoms with Gasteiger partial charge in [-0.2, -0.15) is 0 Å². The second-order valence-electron chi connectivity index (χ2n) is 6.04. The maximum absolute atomic E-state index is 3.59. The van der Waals surface area contributed by atoms with Gasteiger partial charge >= 0.3 is 0 Å². The number of anilines is 2. The van der Waals surface area contributed by atoms with E-state index in [4.69, 9.17) is 0 Å². The van der Waals surface area contributed by atoms with Crippen molar-refractivity contribution in [3.05, 3.63) is 71.8 Å². The van der Waals surface area contributed by atoms with Crippen LogP contribution in [0, 0.1) is 0 Å². The molecule has 4 rings (SSSR count). The summed E-state index contributed by atoms with van der Waals surface area (Å²) in [6.45, 7) is 4.61. The molecule has 0 unspecified atom stereocenters. The molecule has 0 saturated heterocycles. The predicted molar refractivity (Wildman–Crippen MR) is 85.8 cm³/mol. The molecule has 0 fully saturated rings. The summed E-state index contributed by atoms with van der Waals surface area (Å²) in [5.74, 6) is 0. The van der Waals surface area contributed by atoms with E-state index in [2.05, 4.69) is 79.8 Å². The van der Waals surface area contributed by atoms with Gasteiger partial charge in [-0.3, -0.25) is 0 Å². The van der Waals surface area contributed by atoms with Gasteiger partial charge in [-0.05, 0) is 40.1 Å². The quantitative estimate of drug-likeness (QED) is 0.583. The number of rotatable bonds is 0. The molecule has 1 heterocycles. The van der Waals surface area contributed by atoms with Crippen molar-refractivity contribution in [2.24, 2.45) is 0 Å². The van der Waals surface area contributed by atoms with E-state index in [9.17, 15) is 0 Å². The highest BCUT2D eigenvalue weighted by Crippen LogP contribution is 2.46. The molecule has 1 heteroatoms. The van der Waals surface area contributed by atoms with Crippen LogP contribution in [0.15, 0.2) is 60.7 Å². The van der Waals surface area contributed by atoms with Crippen LogP contribution in [0.2, 0.25) is 0 Å². The lowest BCUT2D eigenvalue weighted by Gasteiger charge is -2.36. The highest BCUT2D eigenvalue weighted by Gasteiger charge is 2.32. The third-order valence-corrected chi connectivity index (χ3v) is 4.43. The van der Waals surface area contributed by atoms with E-state index < -0.39 is 0 Å². The van der Waals surface area contributed by atoms with Crippen LogP contribution in [-0.4, -0.2) is 0 Å². The van der Waals surface area contributed by atoms with Crippen LogP contribution in [0.1, 0.15) is 25.0 Å². The molecule has 0 saturated carbocycles. The van der Waals surface area contributed by atoms with Gasteiger partial charge in [0, 0.05) is 16.8 Å². The van der Waals surface area contributed by atoms with E-state index in [0.717, 1.165) is 0 Å². The van der Waals surface area contributed by atoms with Gasteiger partial charge in [0.2, 0.25) is 0 Å². The van der Waals surface area contributed by atoms with Crippen LogP contribution in [0.3, 0.4) is 0 Å². The van der Waals surface area contributed by atoms with E-state index >= 15 is 0 Å². The van der Waals surface area contributed by atoms with Crippen LogP contribution in [-0.2, 0) is 5.41 Å². The zero-order valence-corrected chi connectivity index (χ0v) is 11.8. The van der Waals surface area contributed by atoms with Gasteiger partial charge in [0.15, 0.2) is 0 Å². The molecule has 0 amide bonds. The van der Waals surface area contributed by atoms with Crippen LogP contribution < -0.4 is 5.32 Å². The number of fused-ring (bicyclic) bond motifs is 3. The highest BCUT2D eigenvalue weighted by atomic mass is 14.9. The summed E-state index contributed by atoms with van der Waals surface area (Å²) in [5, 5.41) is 6.18. The topological polar surface area (TPSA) is 12.0 Å². The van der Waals surface area contributed by atoms with Crippen molar-refractivity contribution in [3.8, 4) is 0 Å². The third-order valence-electron chi connectivity index (χ3n) is 4.43. The fourth-order valence-corrected chi connectivity index (χ4v) is 3.29. The lowest BCUT2D eigenvalue weighted by atomic mass is 9.74. The summed E-state index contributed by atoms with van der Waals surface area (Å²) in [5.41, 5.74) is 5.21. The van der Waals surface area contributed by atoms with Gasteiger partial charge in [0.1, 0.15) is 0 Å². The molecule has 3 aromatic carbocycles. The first kappa shape index (κ1) is 11.5. The largest absolute Gasteiger partial charge is 0.355 e. The molecule has 20 heavy (non-hydrogen) atoms. The van der Waals surface area contributed by atoms with Crippen molar-refractivity contribution < 1.29 is 0 Å². The van der Waals surface area contributed by atoms with E-state index in [1.807, 2.05) is 0 Å². The second-order valence-corrected chi connectivity index (χ2v) is 6.04. The molecule has 0 atom stereocenters. The molecular weight excluding hydrogens is 242 g/mol. The van der Waals surface area contributed by atoms with E-state index in [1.54, 1.807) is 0 Å². The lowest BCUT2D eigenvalue weighted by molar-refractivity contribution is 0.639. The molecule has 0 aromatic heterocycles. The van der Waals surface area contributed by atoms with Crippen molar-refractivity contribution in [2.75, 3.05) is 5.32 Å². The molecule has 0 bridgehead atoms. The first-order valence-corrected chi connectivity index (χ1v) is 7.06. The van der Waals surface area contributed by atoms with Crippen LogP contribution >= 0.6 is 0 Å². The van der Waals surface area contributed by atoms with Crippen molar-refractivity contribution in [1.82, 2.24) is 0 Å². The smallest absolute Gasteiger partial charge is 0.0432 e. The van der Waals surface area contributed by atoms with E-state index in [0.29, 0.717) is 0 Å². The number of hydrogen-bond acceptors (Lipinski definition) is 1. The standard InChI is InChI=1S/C19H17N/c1-19(2)15-9-5-6-10-17(15)20-18-12-14-8-4-3-7-13(14)11-16(18)19/h3-12,20H,1-2H3. The number of benzene rings is 3. The highest BCUT2D eigenvalue weighted by molar-refractivity contribution is 5.90. The Morgan fingerprint density at radius 2 is 1.35 bits per heavy atom. The first-order chi connectivity index (χ1) is 9.66. The minimum atomic E-state index is 0.0290. The van der Waals surface area contributed by atoms with Gasteiger partial charge in [0.05, 0.1) is 0 Å². The van der Waals surface area contributed by atoms with Gasteiger partial charge in [-0.15, -0.1) is 0 Å². The summed E-state index contributed by atoms with van der Waals surface area (Å²) in [6.07, 6.45) is 0. The van der Waals surface area contributed by atoms with Gasteiger partial charge in [-0.25, -0.2) is 0 Å². The maximum Gasteiger partial charge on any atom is 0.0432 e. The molecule has 1 aliphatic heterocycles. The number of nitrogens with one attached hydrogen (secondary N) is 1. The molecule has 3 aromatic rings. The van der Waals surface area contributed by atoms with Crippen LogP contribution in [0.4, 0.5) is 11.4 Å². The molecule has 1 N–H and O–H groups in total. The van der Waals surface area contributed by atoms with Crippen molar-refractivity contribution in [3.63, 3.8) is 0 Å². The van der Waals surface area contributed by atoms with Crippen molar-refractivity contribution in [1.29, 1.82) is 0 Å². The van der Waals surface area contributed by atoms with E-state index in [1.165, 1.54) is 33.3 Å². The Morgan fingerprint density at radius 3 is 2.15 bits per heavy atom. The third kappa shape index (κ3) is 1.50. The molecule has 98 valence electrons. The summed E-state index contributed by atoms with van der Waals surface area (Å²) in [7, 11) is 0. The Hall–Kier alpha value is -2.28. The zero-order chi connectivity index (χ0) is 13.7. The molecule has 1 nitrogen and oxygen atoms in total. The average molecular weight is 259 g/mol. The summed E-state index contributed by atoms with van der Waals surface area (Å²) < 4.78 is 0. The average Bonchev–Trinajstić information content (AvgIpc) is 2.46. The Kier molecular flexibility index (Phi) is 2.23. The first-order valence-electron chi connectivity index (χ1n) is 7.06. The number of hydrogen-bond donors (Lipinski definition) is 1. The summed E-state index contributed by atoms with van der Waals surface area (Å²) in [4.78, 5) is 0. The molecule has 0 spiro atoms. The minimum absolute atomic E-state index is 0.0290. The normalized spacial score (nSPS) is 15.3. The van der Waals surface area contributed by atoms with Crippen LogP contribution in [0.25, 0.3) is 10.8 Å². The predicted octanol–water partition coefficient (Wildman–Crippen LogP) is 5.22. The van der Waals surface area contributed by atoms with Gasteiger partial charge < -0.3 is 5.32 Å². The van der Waals surface area contributed by atoms with Gasteiger partial charge in [0.25, 0.3) is 0 Å². The van der Waals surface area contributed by atoms with Gasteiger partial charge in [-0.1, -0.05) is 56.3 Å². The number of para-hydroxylation sites is 1. The van der Waals surface area contributed by atoms with Crippen molar-refractivity contribution >= 4 is 22.1 Å². The molecule has 0 aliphatic carbocycles. The fraction of sp³-hybridized carbons (Fsp3) is 0.158.